The van der Waals surface area contributed by atoms with Crippen molar-refractivity contribution in [2.24, 2.45) is 5.92 Å². The first-order valence-corrected chi connectivity index (χ1v) is 13.2. The maximum Gasteiger partial charge on any atom is 0.243 e. The molecule has 2 aromatic rings. The van der Waals surface area contributed by atoms with Gasteiger partial charge in [-0.3, -0.25) is 4.79 Å². The molecule has 1 amide bonds. The predicted molar refractivity (Wildman–Crippen MR) is 132 cm³/mol. The number of rotatable bonds is 7. The minimum absolute atomic E-state index is 0.0213. The van der Waals surface area contributed by atoms with Gasteiger partial charge in [0, 0.05) is 24.6 Å². The highest BCUT2D eigenvalue weighted by atomic mass is 32.2. The molecule has 6 nitrogen and oxygen atoms in total. The molecule has 2 N–H and O–H groups in total. The first kappa shape index (κ1) is 25.4. The molecule has 1 aliphatic heterocycles. The molecule has 1 atom stereocenters. The van der Waals surface area contributed by atoms with Crippen LogP contribution in [0.25, 0.3) is 0 Å². The van der Waals surface area contributed by atoms with Crippen molar-refractivity contribution in [1.29, 1.82) is 0 Å². The number of carbonyl (C=O) groups is 1. The molecule has 180 valence electrons. The number of hydrogen-bond donors (Lipinski definition) is 2. The SMILES string of the molecule is Cc1cc(C)c(C)c(S(=O)(=O)N2CCC(C(=O)NC[C@@H](c3ccccc3)[NH+](C)C)CC2)c1C. The molecule has 1 heterocycles. The van der Waals surface area contributed by atoms with Crippen LogP contribution in [0.2, 0.25) is 0 Å². The molecule has 1 aliphatic rings. The van der Waals surface area contributed by atoms with E-state index in [0.717, 1.165) is 22.3 Å². The van der Waals surface area contributed by atoms with Gasteiger partial charge in [-0.05, 0) is 62.8 Å². The van der Waals surface area contributed by atoms with Gasteiger partial charge in [-0.25, -0.2) is 8.42 Å². The van der Waals surface area contributed by atoms with Crippen molar-refractivity contribution in [2.45, 2.75) is 51.5 Å². The molecule has 0 spiro atoms. The number of quaternary nitrogens is 1. The summed E-state index contributed by atoms with van der Waals surface area (Å²) in [6.45, 7) is 8.96. The topological polar surface area (TPSA) is 70.9 Å². The molecule has 1 saturated heterocycles. The van der Waals surface area contributed by atoms with Gasteiger partial charge in [0.2, 0.25) is 15.9 Å². The quantitative estimate of drug-likeness (QED) is 0.650. The number of nitrogens with one attached hydrogen (secondary N) is 2. The first-order valence-electron chi connectivity index (χ1n) is 11.7. The average Bonchev–Trinajstić information content (AvgIpc) is 2.78. The van der Waals surface area contributed by atoms with Crippen LogP contribution in [-0.4, -0.2) is 52.4 Å². The second kappa shape index (κ2) is 10.4. The van der Waals surface area contributed by atoms with E-state index in [4.69, 9.17) is 0 Å². The fraction of sp³-hybridized carbons (Fsp3) is 0.500. The van der Waals surface area contributed by atoms with Gasteiger partial charge >= 0.3 is 0 Å². The summed E-state index contributed by atoms with van der Waals surface area (Å²) in [5, 5.41) is 3.12. The fourth-order valence-electron chi connectivity index (χ4n) is 4.74. The van der Waals surface area contributed by atoms with Crippen molar-refractivity contribution < 1.29 is 18.1 Å². The summed E-state index contributed by atoms with van der Waals surface area (Å²) in [6, 6.07) is 12.4. The van der Waals surface area contributed by atoms with Crippen LogP contribution in [0.1, 0.15) is 46.7 Å². The summed E-state index contributed by atoms with van der Waals surface area (Å²) in [5.41, 5.74) is 4.80. The summed E-state index contributed by atoms with van der Waals surface area (Å²) >= 11 is 0. The predicted octanol–water partition coefficient (Wildman–Crippen LogP) is 2.32. The van der Waals surface area contributed by atoms with E-state index in [2.05, 4.69) is 31.5 Å². The largest absolute Gasteiger partial charge is 0.350 e. The van der Waals surface area contributed by atoms with Gasteiger partial charge in [-0.2, -0.15) is 4.31 Å². The first-order chi connectivity index (χ1) is 15.5. The lowest BCUT2D eigenvalue weighted by Crippen LogP contribution is -3.07. The maximum absolute atomic E-state index is 13.5. The molecule has 0 aliphatic carbocycles. The highest BCUT2D eigenvalue weighted by Gasteiger charge is 2.34. The third kappa shape index (κ3) is 5.48. The zero-order valence-corrected chi connectivity index (χ0v) is 21.6. The second-order valence-corrected chi connectivity index (χ2v) is 11.4. The normalized spacial score (nSPS) is 16.7. The number of carbonyl (C=O) groups excluding carboxylic acids is 1. The summed E-state index contributed by atoms with van der Waals surface area (Å²) in [5.74, 6) is -0.139. The Morgan fingerprint density at radius 3 is 2.09 bits per heavy atom. The van der Waals surface area contributed by atoms with Gasteiger partial charge in [0.05, 0.1) is 25.5 Å². The molecule has 3 rings (SSSR count). The Hall–Kier alpha value is -2.22. The van der Waals surface area contributed by atoms with Crippen molar-refractivity contribution in [3.63, 3.8) is 0 Å². The molecule has 1 fully saturated rings. The van der Waals surface area contributed by atoms with Crippen LogP contribution >= 0.6 is 0 Å². The summed E-state index contributed by atoms with van der Waals surface area (Å²) < 4.78 is 28.5. The van der Waals surface area contributed by atoms with Gasteiger partial charge in [0.25, 0.3) is 0 Å². The zero-order valence-electron chi connectivity index (χ0n) is 20.7. The van der Waals surface area contributed by atoms with E-state index in [9.17, 15) is 13.2 Å². The number of nitrogens with zero attached hydrogens (tertiary/aromatic N) is 1. The van der Waals surface area contributed by atoms with Crippen LogP contribution in [0.3, 0.4) is 0 Å². The van der Waals surface area contributed by atoms with E-state index in [1.54, 1.807) is 4.31 Å². The minimum Gasteiger partial charge on any atom is -0.350 e. The third-order valence-corrected chi connectivity index (χ3v) is 9.27. The van der Waals surface area contributed by atoms with E-state index in [1.165, 1.54) is 10.5 Å². The van der Waals surface area contributed by atoms with E-state index < -0.39 is 10.0 Å². The highest BCUT2D eigenvalue weighted by Crippen LogP contribution is 2.31. The molecule has 0 unspecified atom stereocenters. The molecule has 0 radical (unpaired) electrons. The monoisotopic (exact) mass is 472 g/mol. The lowest BCUT2D eigenvalue weighted by Gasteiger charge is -2.32. The minimum atomic E-state index is -3.59. The van der Waals surface area contributed by atoms with Gasteiger partial charge in [0.15, 0.2) is 0 Å². The van der Waals surface area contributed by atoms with Crippen molar-refractivity contribution in [3.8, 4) is 0 Å². The molecule has 2 aromatic carbocycles. The second-order valence-electron chi connectivity index (χ2n) is 9.55. The standard InChI is InChI=1S/C26H37N3O3S/c1-18-16-19(2)21(4)25(20(18)3)33(31,32)29-14-12-23(13-15-29)26(30)27-17-24(28(5)6)22-10-8-7-9-11-22/h7-11,16,23-24H,12-15,17H2,1-6H3,(H,27,30)/p+1/t24-/m0/s1. The van der Waals surface area contributed by atoms with Crippen molar-refractivity contribution in [2.75, 3.05) is 33.7 Å². The van der Waals surface area contributed by atoms with Crippen LogP contribution < -0.4 is 10.2 Å². The molecular formula is C26H38N3O3S+. The van der Waals surface area contributed by atoms with Gasteiger partial charge in [-0.1, -0.05) is 36.4 Å². The van der Waals surface area contributed by atoms with Gasteiger partial charge < -0.3 is 10.2 Å². The van der Waals surface area contributed by atoms with Gasteiger partial charge in [-0.15, -0.1) is 0 Å². The number of benzene rings is 2. The number of hydrogen-bond acceptors (Lipinski definition) is 3. The summed E-state index contributed by atoms with van der Waals surface area (Å²) in [4.78, 5) is 14.6. The van der Waals surface area contributed by atoms with Crippen molar-refractivity contribution >= 4 is 15.9 Å². The van der Waals surface area contributed by atoms with Crippen molar-refractivity contribution in [1.82, 2.24) is 9.62 Å². The Morgan fingerprint density at radius 2 is 1.58 bits per heavy atom. The van der Waals surface area contributed by atoms with E-state index in [1.807, 2.05) is 52.0 Å². The van der Waals surface area contributed by atoms with Crippen LogP contribution in [0, 0.1) is 33.6 Å². The Labute approximate surface area is 199 Å². The Kier molecular flexibility index (Phi) is 7.98. The molecule has 0 bridgehead atoms. The van der Waals surface area contributed by atoms with Crippen LogP contribution in [0.4, 0.5) is 0 Å². The van der Waals surface area contributed by atoms with Crippen LogP contribution in [0.15, 0.2) is 41.3 Å². The molecule has 0 saturated carbocycles. The lowest BCUT2D eigenvalue weighted by atomic mass is 9.97. The van der Waals surface area contributed by atoms with Crippen LogP contribution in [-0.2, 0) is 14.8 Å². The summed E-state index contributed by atoms with van der Waals surface area (Å²) in [6.07, 6.45) is 1.08. The number of piperidine rings is 1. The number of aryl methyl sites for hydroxylation is 2. The van der Waals surface area contributed by atoms with Crippen LogP contribution in [0.5, 0.6) is 0 Å². The van der Waals surface area contributed by atoms with Gasteiger partial charge in [0.1, 0.15) is 6.04 Å². The Bertz CT molecular complexity index is 1060. The summed E-state index contributed by atoms with van der Waals surface area (Å²) in [7, 11) is 0.583. The molecule has 33 heavy (non-hydrogen) atoms. The Morgan fingerprint density at radius 1 is 1.03 bits per heavy atom. The highest BCUT2D eigenvalue weighted by molar-refractivity contribution is 7.89. The Balaban J connectivity index is 1.64. The molecule has 0 aromatic heterocycles. The smallest absolute Gasteiger partial charge is 0.243 e. The zero-order chi connectivity index (χ0) is 24.3. The average molecular weight is 473 g/mol. The lowest BCUT2D eigenvalue weighted by molar-refractivity contribution is -0.890. The van der Waals surface area contributed by atoms with Crippen molar-refractivity contribution in [3.05, 3.63) is 64.2 Å². The fourth-order valence-corrected chi connectivity index (χ4v) is 6.79. The number of sulfonamides is 1. The third-order valence-electron chi connectivity index (χ3n) is 7.10. The molecule has 7 heteroatoms. The molecular weight excluding hydrogens is 434 g/mol. The van der Waals surface area contributed by atoms with E-state index in [-0.39, 0.29) is 17.9 Å². The van der Waals surface area contributed by atoms with E-state index >= 15 is 0 Å². The number of amides is 1. The maximum atomic E-state index is 13.5. The number of likely N-dealkylation sites (N-methyl/N-ethyl adjacent to an activating group) is 1. The van der Waals surface area contributed by atoms with E-state index in [0.29, 0.717) is 37.4 Å².